The number of hydrogen-bond acceptors (Lipinski definition) is 6. The summed E-state index contributed by atoms with van der Waals surface area (Å²) in [4.78, 5) is 21.9. The largest absolute Gasteiger partial charge is 0.300 e. The highest BCUT2D eigenvalue weighted by atomic mass is 32.2. The molecule has 1 amide bonds. The lowest BCUT2D eigenvalue weighted by Crippen LogP contribution is -2.27. The number of hydrazone groups is 1. The summed E-state index contributed by atoms with van der Waals surface area (Å²) in [6.45, 7) is 2.02. The maximum absolute atomic E-state index is 11.9. The van der Waals surface area contributed by atoms with E-state index in [9.17, 15) is 14.9 Å². The molecule has 8 heteroatoms. The lowest BCUT2D eigenvalue weighted by molar-refractivity contribution is -0.384. The minimum atomic E-state index is -0.506. The van der Waals surface area contributed by atoms with Gasteiger partial charge >= 0.3 is 0 Å². The van der Waals surface area contributed by atoms with Gasteiger partial charge in [0.15, 0.2) is 5.17 Å². The third-order valence-electron chi connectivity index (χ3n) is 2.50. The second-order valence-corrected chi connectivity index (χ2v) is 5.01. The summed E-state index contributed by atoms with van der Waals surface area (Å²) >= 11 is 1.44. The molecule has 0 saturated heterocycles. The van der Waals surface area contributed by atoms with Crippen LogP contribution in [0.3, 0.4) is 0 Å². The maximum atomic E-state index is 11.9. The Labute approximate surface area is 113 Å². The zero-order valence-corrected chi connectivity index (χ0v) is 10.9. The molecular weight excluding hydrogens is 268 g/mol. The van der Waals surface area contributed by atoms with Crippen molar-refractivity contribution in [2.45, 2.75) is 18.7 Å². The number of nitrogens with zero attached hydrogens (tertiary/aromatic N) is 2. The van der Waals surface area contributed by atoms with Crippen LogP contribution in [-0.4, -0.2) is 21.4 Å². The Kier molecular flexibility index (Phi) is 4.00. The first-order valence-corrected chi connectivity index (χ1v) is 6.53. The minimum Gasteiger partial charge on any atom is -0.300 e. The van der Waals surface area contributed by atoms with Gasteiger partial charge in [0.05, 0.1) is 10.3 Å². The molecule has 0 radical (unpaired) electrons. The Bertz CT molecular complexity index is 529. The lowest BCUT2D eigenvalue weighted by atomic mass is 10.2. The Morgan fingerprint density at radius 1 is 1.53 bits per heavy atom. The number of carbonyl (C=O) groups is 1. The van der Waals surface area contributed by atoms with Gasteiger partial charge in [-0.05, 0) is 18.6 Å². The van der Waals surface area contributed by atoms with Crippen molar-refractivity contribution in [1.82, 2.24) is 10.7 Å². The van der Waals surface area contributed by atoms with Crippen LogP contribution in [0.25, 0.3) is 0 Å². The van der Waals surface area contributed by atoms with Crippen molar-refractivity contribution >= 4 is 28.5 Å². The molecule has 19 heavy (non-hydrogen) atoms. The number of hydrogen-bond donors (Lipinski definition) is 2. The fourth-order valence-electron chi connectivity index (χ4n) is 1.45. The van der Waals surface area contributed by atoms with E-state index in [-0.39, 0.29) is 17.0 Å². The summed E-state index contributed by atoms with van der Waals surface area (Å²) in [6.07, 6.45) is 0.894. The van der Waals surface area contributed by atoms with Gasteiger partial charge in [-0.15, -0.1) is 0 Å². The summed E-state index contributed by atoms with van der Waals surface area (Å²) in [6, 6.07) is 5.42. The van der Waals surface area contributed by atoms with Gasteiger partial charge in [0.2, 0.25) is 0 Å². The summed E-state index contributed by atoms with van der Waals surface area (Å²) in [7, 11) is 0. The first-order chi connectivity index (χ1) is 9.10. The summed E-state index contributed by atoms with van der Waals surface area (Å²) < 4.78 is 0. The average Bonchev–Trinajstić information content (AvgIpc) is 2.86. The molecule has 1 aliphatic rings. The molecule has 2 rings (SSSR count). The van der Waals surface area contributed by atoms with Crippen LogP contribution < -0.4 is 10.7 Å². The number of nitrogens with one attached hydrogen (secondary N) is 2. The van der Waals surface area contributed by atoms with Crippen molar-refractivity contribution in [3.8, 4) is 0 Å². The maximum Gasteiger partial charge on any atom is 0.269 e. The van der Waals surface area contributed by atoms with Gasteiger partial charge in [-0.25, -0.2) is 0 Å². The SMILES string of the molecule is CCC1NN=C(NC(=O)c2ccc([N+](=O)[O-])cc2)S1. The monoisotopic (exact) mass is 280 g/mol. The van der Waals surface area contributed by atoms with Gasteiger partial charge < -0.3 is 0 Å². The number of thioether (sulfide) groups is 1. The van der Waals surface area contributed by atoms with Crippen molar-refractivity contribution in [3.05, 3.63) is 39.9 Å². The van der Waals surface area contributed by atoms with Crippen molar-refractivity contribution in [2.24, 2.45) is 5.10 Å². The highest BCUT2D eigenvalue weighted by molar-refractivity contribution is 8.14. The molecular formula is C11H12N4O3S. The van der Waals surface area contributed by atoms with Gasteiger partial charge in [0.1, 0.15) is 0 Å². The molecule has 0 fully saturated rings. The molecule has 0 aromatic heterocycles. The topological polar surface area (TPSA) is 96.6 Å². The molecule has 1 atom stereocenters. The van der Waals surface area contributed by atoms with Crippen LogP contribution in [0.5, 0.6) is 0 Å². The molecule has 0 bridgehead atoms. The summed E-state index contributed by atoms with van der Waals surface area (Å²) in [5, 5.41) is 17.8. The van der Waals surface area contributed by atoms with E-state index in [0.29, 0.717) is 10.7 Å². The van der Waals surface area contributed by atoms with Crippen molar-refractivity contribution in [2.75, 3.05) is 0 Å². The predicted octanol–water partition coefficient (Wildman–Crippen LogP) is 1.67. The van der Waals surface area contributed by atoms with E-state index in [4.69, 9.17) is 0 Å². The fourth-order valence-corrected chi connectivity index (χ4v) is 2.25. The van der Waals surface area contributed by atoms with Gasteiger partial charge in [0, 0.05) is 17.7 Å². The molecule has 1 aromatic rings. The first kappa shape index (κ1) is 13.3. The molecule has 1 aliphatic heterocycles. The van der Waals surface area contributed by atoms with E-state index in [2.05, 4.69) is 15.8 Å². The standard InChI is InChI=1S/C11H12N4O3S/c1-2-9-13-14-11(19-9)12-10(16)7-3-5-8(6-4-7)15(17)18/h3-6,9,13H,2H2,1H3,(H,12,14,16). The van der Waals surface area contributed by atoms with Gasteiger partial charge in [0.25, 0.3) is 11.6 Å². The summed E-state index contributed by atoms with van der Waals surface area (Å²) in [5.41, 5.74) is 3.19. The van der Waals surface area contributed by atoms with Crippen LogP contribution in [0, 0.1) is 10.1 Å². The van der Waals surface area contributed by atoms with E-state index in [0.717, 1.165) is 6.42 Å². The Balaban J connectivity index is 1.99. The normalized spacial score (nSPS) is 17.5. The van der Waals surface area contributed by atoms with Crippen LogP contribution in [0.2, 0.25) is 0 Å². The number of benzene rings is 1. The lowest BCUT2D eigenvalue weighted by Gasteiger charge is -2.05. The molecule has 0 aliphatic carbocycles. The van der Waals surface area contributed by atoms with Gasteiger partial charge in [-0.2, -0.15) is 5.10 Å². The quantitative estimate of drug-likeness (QED) is 0.648. The van der Waals surface area contributed by atoms with E-state index in [1.165, 1.54) is 36.0 Å². The molecule has 2 N–H and O–H groups in total. The third kappa shape index (κ3) is 3.22. The molecule has 1 aromatic carbocycles. The van der Waals surface area contributed by atoms with Crippen LogP contribution in [0.1, 0.15) is 23.7 Å². The molecule has 1 heterocycles. The van der Waals surface area contributed by atoms with E-state index >= 15 is 0 Å². The second-order valence-electron chi connectivity index (χ2n) is 3.82. The highest BCUT2D eigenvalue weighted by Gasteiger charge is 2.19. The van der Waals surface area contributed by atoms with E-state index < -0.39 is 4.92 Å². The molecule has 7 nitrogen and oxygen atoms in total. The number of amides is 1. The predicted molar refractivity (Wildman–Crippen MR) is 72.8 cm³/mol. The van der Waals surface area contributed by atoms with E-state index in [1.807, 2.05) is 6.92 Å². The molecule has 0 saturated carbocycles. The van der Waals surface area contributed by atoms with Crippen molar-refractivity contribution < 1.29 is 9.72 Å². The van der Waals surface area contributed by atoms with Crippen LogP contribution >= 0.6 is 11.8 Å². The van der Waals surface area contributed by atoms with Crippen LogP contribution in [0.4, 0.5) is 5.69 Å². The average molecular weight is 280 g/mol. The Morgan fingerprint density at radius 2 is 2.21 bits per heavy atom. The fraction of sp³-hybridized carbons (Fsp3) is 0.273. The zero-order chi connectivity index (χ0) is 13.8. The number of nitro benzene ring substituents is 1. The third-order valence-corrected chi connectivity index (χ3v) is 3.64. The second kappa shape index (κ2) is 5.70. The number of carbonyl (C=O) groups excluding carboxylic acids is 1. The smallest absolute Gasteiger partial charge is 0.269 e. The van der Waals surface area contributed by atoms with Crippen molar-refractivity contribution in [1.29, 1.82) is 0 Å². The van der Waals surface area contributed by atoms with Crippen LogP contribution in [0.15, 0.2) is 29.4 Å². The molecule has 100 valence electrons. The van der Waals surface area contributed by atoms with Crippen LogP contribution in [-0.2, 0) is 0 Å². The number of amidine groups is 1. The van der Waals surface area contributed by atoms with Gasteiger partial charge in [-0.1, -0.05) is 18.7 Å². The molecule has 1 unspecified atom stereocenters. The Hall–Kier alpha value is -2.09. The number of nitro groups is 1. The highest BCUT2D eigenvalue weighted by Crippen LogP contribution is 2.18. The molecule has 0 spiro atoms. The minimum absolute atomic E-state index is 0.0446. The van der Waals surface area contributed by atoms with Gasteiger partial charge in [-0.3, -0.25) is 25.7 Å². The zero-order valence-electron chi connectivity index (χ0n) is 10.1. The first-order valence-electron chi connectivity index (χ1n) is 5.66. The Morgan fingerprint density at radius 3 is 2.74 bits per heavy atom. The summed E-state index contributed by atoms with van der Waals surface area (Å²) in [5.74, 6) is -0.334. The number of non-ortho nitro benzene ring substituents is 1. The number of rotatable bonds is 3. The van der Waals surface area contributed by atoms with E-state index in [1.54, 1.807) is 0 Å². The van der Waals surface area contributed by atoms with Crippen molar-refractivity contribution in [3.63, 3.8) is 0 Å².